The van der Waals surface area contributed by atoms with E-state index in [1.807, 2.05) is 13.8 Å². The number of halogens is 8. The van der Waals surface area contributed by atoms with Gasteiger partial charge in [-0.3, -0.25) is 9.59 Å². The van der Waals surface area contributed by atoms with Crippen molar-refractivity contribution < 1.29 is 182 Å². The van der Waals surface area contributed by atoms with Crippen LogP contribution in [0.1, 0.15) is 152 Å². The third kappa shape index (κ3) is 57.5. The molecule has 0 fully saturated rings. The normalized spacial score (nSPS) is 9.76. The Morgan fingerprint density at radius 2 is 0.571 bits per heavy atom. The molecule has 0 aliphatic carbocycles. The minimum Gasteiger partial charge on any atom is -0.693 e. The number of unbranched alkanes of at least 4 members (excludes halogenated alkanes) is 4. The first-order chi connectivity index (χ1) is 53.9. The number of carboxylic acids is 3. The molecule has 44 heteroatoms. The van der Waals surface area contributed by atoms with E-state index in [2.05, 4.69) is 21.1 Å². The van der Waals surface area contributed by atoms with Gasteiger partial charge in [0.05, 0.1) is 88.2 Å². The Balaban J connectivity index is -0.000000178. The number of alkyl halides is 2. The molecule has 0 unspecified atom stereocenters. The first-order valence-corrected chi connectivity index (χ1v) is 50.7. The van der Waals surface area contributed by atoms with Crippen molar-refractivity contribution in [1.29, 1.82) is 0 Å². The Kier molecular flexibility index (Phi) is 89.0. The third-order valence-electron chi connectivity index (χ3n) is 14.3. The van der Waals surface area contributed by atoms with Gasteiger partial charge in [0.15, 0.2) is 34.5 Å². The summed E-state index contributed by atoms with van der Waals surface area (Å²) < 4.78 is 45.6. The fraction of sp³-hybridized carbons (Fsp3) is 0.360. The van der Waals surface area contributed by atoms with Crippen LogP contribution < -0.4 is 42.6 Å². The molecule has 0 heterocycles. The number of aliphatic hydroxyl groups excluding tert-OH is 6. The minimum atomic E-state index is -1.45. The summed E-state index contributed by atoms with van der Waals surface area (Å²) in [6.07, 6.45) is 15.7. The number of ether oxygens (including phenoxy) is 9. The average Bonchev–Trinajstić information content (AvgIpc) is 0.830. The summed E-state index contributed by atoms with van der Waals surface area (Å²) in [5.74, 6) is 0.484. The molecule has 0 saturated carbocycles. The van der Waals surface area contributed by atoms with Crippen LogP contribution in [-0.4, -0.2) is 145 Å². The second kappa shape index (κ2) is 81.1. The number of nitrogens with two attached hydrogens (primary N) is 6. The van der Waals surface area contributed by atoms with Crippen molar-refractivity contribution in [2.75, 3.05) is 42.7 Å². The predicted molar refractivity (Wildman–Crippen MR) is 458 cm³/mol. The molecule has 24 N–H and O–H groups in total. The van der Waals surface area contributed by atoms with E-state index >= 15 is 0 Å². The molecule has 0 aromatic heterocycles. The second-order valence-corrected chi connectivity index (χ2v) is 32.8. The summed E-state index contributed by atoms with van der Waals surface area (Å²) >= 11 is 8.14. The number of aliphatic hydroxyl groups is 6. The maximum Gasteiger partial charge on any atom is -0.693 e. The van der Waals surface area contributed by atoms with Crippen molar-refractivity contribution in [1.82, 2.24) is 0 Å². The summed E-state index contributed by atoms with van der Waals surface area (Å²) in [4.78, 5) is 60.9. The summed E-state index contributed by atoms with van der Waals surface area (Å²) in [7, 11) is 38.3. The average molecular weight is 2390 g/mol. The van der Waals surface area contributed by atoms with Crippen molar-refractivity contribution >= 4 is 153 Å². The quantitative estimate of drug-likeness (QED) is 0.00598. The molecule has 0 spiro atoms. The zero-order valence-corrected chi connectivity index (χ0v) is 78.9. The maximum absolute atomic E-state index is 10.8. The molecule has 6 aromatic carbocycles. The molecule has 0 amide bonds. The van der Waals surface area contributed by atoms with E-state index in [4.69, 9.17) is 139 Å². The Morgan fingerprint density at radius 1 is 0.336 bits per heavy atom. The Bertz CT molecular complexity index is 3460. The van der Waals surface area contributed by atoms with Crippen LogP contribution in [0, 0.1) is 5.92 Å². The fourth-order valence-corrected chi connectivity index (χ4v) is 9.37. The third-order valence-corrected chi connectivity index (χ3v) is 14.7. The standard InChI is InChI=1S/3C19H20O7.2C8H16O2.C2H2Cl2O2.6ClH.6H2N.3Pt/c3*1-24-17-9-13(7-15(11-21)18(17)25-2)4-3-12-5-6-14(10-20)16(8-12)26-19(22)23;1-3-5-7(6-4-2)8(9)10;1-2-3-4-5-6-7-8(9)10;3-1(4)2(5)6;;;;;;;;;;;;;;;/h3*3-9,20-21H,10-11H2,1-2H3,(H,22,23);7H,3-6H2,1-2H3,(H,9,10);2-7H2,1H3,(H,9,10);1H,(H,5,6);6*1H;6*1H2;;;/q;;;;;;;;;;;;6*-1;3*+4/p-6/b3*4-3-;;;;;;;;;;;;;;;;;;. The van der Waals surface area contributed by atoms with Crippen LogP contribution in [0.25, 0.3) is 73.4 Å². The molecule has 119 heavy (non-hydrogen) atoms. The van der Waals surface area contributed by atoms with E-state index in [1.54, 1.807) is 109 Å². The molecule has 0 atom stereocenters. The molecule has 684 valence electrons. The Morgan fingerprint density at radius 3 is 0.756 bits per heavy atom. The Labute approximate surface area is 752 Å². The van der Waals surface area contributed by atoms with E-state index in [-0.39, 0.29) is 99.7 Å². The molecule has 0 radical (unpaired) electrons. The van der Waals surface area contributed by atoms with Gasteiger partial charge in [0.1, 0.15) is 17.2 Å². The van der Waals surface area contributed by atoms with Crippen molar-refractivity contribution in [3.63, 3.8) is 0 Å². The second-order valence-electron chi connectivity index (χ2n) is 21.8. The smallest absolute Gasteiger partial charge is 0.693 e. The zero-order chi connectivity index (χ0) is 86.4. The van der Waals surface area contributed by atoms with E-state index in [0.29, 0.717) is 91.0 Å². The molecule has 0 saturated heterocycles. The van der Waals surface area contributed by atoms with Gasteiger partial charge in [0.2, 0.25) is 4.84 Å². The van der Waals surface area contributed by atoms with Crippen LogP contribution in [0.3, 0.4) is 0 Å². The van der Waals surface area contributed by atoms with Gasteiger partial charge in [-0.2, -0.15) is 0 Å². The number of hydrogen-bond acceptors (Lipinski definition) is 21. The van der Waals surface area contributed by atoms with Crippen molar-refractivity contribution in [3.8, 4) is 51.7 Å². The molecular formula is C75H106Cl8N6O27Pt3. The number of hydrogen-bond donors (Lipinski definition) is 12. The van der Waals surface area contributed by atoms with Gasteiger partial charge in [0.25, 0.3) is 0 Å². The van der Waals surface area contributed by atoms with Gasteiger partial charge in [-0.1, -0.05) is 155 Å². The summed E-state index contributed by atoms with van der Waals surface area (Å²) in [6.45, 7) is 4.58. The predicted octanol–water partition coefficient (Wildman–Crippen LogP) is 22.8. The first-order valence-electron chi connectivity index (χ1n) is 32.9. The van der Waals surface area contributed by atoms with E-state index in [0.717, 1.165) is 55.2 Å². The number of rotatable bonds is 33. The van der Waals surface area contributed by atoms with E-state index < -0.39 is 90.7 Å². The van der Waals surface area contributed by atoms with Crippen molar-refractivity contribution in [3.05, 3.63) is 195 Å². The molecule has 33 nitrogen and oxygen atoms in total. The van der Waals surface area contributed by atoms with E-state index in [9.17, 15) is 59.4 Å². The molecule has 0 aliphatic rings. The molecule has 6 rings (SSSR count). The van der Waals surface area contributed by atoms with Crippen molar-refractivity contribution in [2.45, 2.75) is 129 Å². The van der Waals surface area contributed by atoms with Gasteiger partial charge in [-0.25, -0.2) is 19.2 Å². The monoisotopic (exact) mass is 2390 g/mol. The SMILES string of the molecule is CCCC(CCC)C(=O)O.CCCCCCCC(=O)O.COc1cc(/C=C\c2ccc(CO)c(OC(=O)O)c2)cc(CO)c1OC.COc1cc(/C=C\c2ccc(CO)c(OC(=O)O)c2)cc(CO)c1OC.COc1cc(/C=C\c2ccc(CO)c(OC(=O)O)c2)cc(CO)c1OC.O=C(O)C(Cl)Cl.[Cl][Pt+2][Cl].[Cl][Pt+2][Cl].[Cl][Pt+2][Cl].[NH2-].[NH2-].[NH2-].[NH2-].[NH2-].[NH2-]. The summed E-state index contributed by atoms with van der Waals surface area (Å²) in [5, 5.41) is 107. The summed E-state index contributed by atoms with van der Waals surface area (Å²) in [6, 6.07) is 25.0. The molecular weight excluding hydrogens is 2290 g/mol. The van der Waals surface area contributed by atoms with Gasteiger partial charge in [-0.05, 0) is 107 Å². The van der Waals surface area contributed by atoms with Gasteiger partial charge in [-0.15, -0.1) is 0 Å². The van der Waals surface area contributed by atoms with Crippen molar-refractivity contribution in [2.24, 2.45) is 5.92 Å². The van der Waals surface area contributed by atoms with Crippen LogP contribution in [0.2, 0.25) is 0 Å². The van der Waals surface area contributed by atoms with Crippen LogP contribution in [-0.2, 0) is 103 Å². The first kappa shape index (κ1) is 131. The van der Waals surface area contributed by atoms with Crippen LogP contribution in [0.4, 0.5) is 14.4 Å². The molecule has 0 aliphatic heterocycles. The zero-order valence-electron chi connectivity index (χ0n) is 66.0. The number of aliphatic carboxylic acids is 3. The largest absolute Gasteiger partial charge is 0.693 e. The maximum atomic E-state index is 10.8. The van der Waals surface area contributed by atoms with E-state index in [1.165, 1.54) is 80.1 Å². The fourth-order valence-electron chi connectivity index (χ4n) is 9.37. The number of benzene rings is 6. The van der Waals surface area contributed by atoms with Gasteiger partial charge in [0, 0.05) is 39.8 Å². The van der Waals surface area contributed by atoms with Crippen LogP contribution >= 0.6 is 79.7 Å². The topological polar surface area (TPSA) is 629 Å². The van der Waals surface area contributed by atoms with Gasteiger partial charge < -0.3 is 141 Å². The van der Waals surface area contributed by atoms with Gasteiger partial charge >= 0.3 is 142 Å². The number of carboxylic acid groups (broad SMARTS) is 6. The molecule has 6 aromatic rings. The summed E-state index contributed by atoms with van der Waals surface area (Å²) in [5.41, 5.74) is 7.19. The number of methoxy groups -OCH3 is 6. The number of carbonyl (C=O) groups is 6. The van der Waals surface area contributed by atoms with Crippen LogP contribution in [0.5, 0.6) is 51.7 Å². The Hall–Kier alpha value is -6.54. The minimum absolute atomic E-state index is 0. The molecule has 0 bridgehead atoms. The van der Waals surface area contributed by atoms with Crippen LogP contribution in [0.15, 0.2) is 91.0 Å².